The highest BCUT2D eigenvalue weighted by molar-refractivity contribution is 5.81. The first-order chi connectivity index (χ1) is 5.68. The molecule has 1 aromatic heterocycles. The summed E-state index contributed by atoms with van der Waals surface area (Å²) in [5.41, 5.74) is 9.97. The molecule has 3 N–H and O–H groups in total. The van der Waals surface area contributed by atoms with Crippen molar-refractivity contribution in [2.45, 2.75) is 13.8 Å². The number of fused-ring (bicyclic) bond motifs is 1. The topological polar surface area (TPSA) is 54.7 Å². The van der Waals surface area contributed by atoms with Crippen LogP contribution in [0.5, 0.6) is 0 Å². The number of nitrogens with zero attached hydrogens (tertiary/aromatic N) is 1. The molecule has 0 amide bonds. The van der Waals surface area contributed by atoms with Gasteiger partial charge in [-0.15, -0.1) is 0 Å². The number of aromatic amines is 1. The summed E-state index contributed by atoms with van der Waals surface area (Å²) in [5, 5.41) is 0. The van der Waals surface area contributed by atoms with E-state index in [9.17, 15) is 0 Å². The molecule has 62 valence electrons. The van der Waals surface area contributed by atoms with Gasteiger partial charge in [-0.3, -0.25) is 0 Å². The maximum Gasteiger partial charge on any atom is 0.198 e. The molecule has 1 heterocycles. The average molecular weight is 161 g/mol. The summed E-state index contributed by atoms with van der Waals surface area (Å²) in [5.74, 6) is 0.485. The minimum Gasteiger partial charge on any atom is -0.369 e. The van der Waals surface area contributed by atoms with Crippen molar-refractivity contribution < 1.29 is 0 Å². The van der Waals surface area contributed by atoms with Crippen LogP contribution in [0.4, 0.5) is 5.95 Å². The van der Waals surface area contributed by atoms with Crippen LogP contribution in [0, 0.1) is 13.8 Å². The van der Waals surface area contributed by atoms with Gasteiger partial charge in [0.2, 0.25) is 0 Å². The van der Waals surface area contributed by atoms with Crippen LogP contribution in [-0.2, 0) is 0 Å². The molecule has 0 unspecified atom stereocenters. The van der Waals surface area contributed by atoms with Crippen LogP contribution >= 0.6 is 0 Å². The summed E-state index contributed by atoms with van der Waals surface area (Å²) in [7, 11) is 0. The molecule has 0 saturated carbocycles. The molecule has 0 radical (unpaired) electrons. The fraction of sp³-hybridized carbons (Fsp3) is 0.222. The lowest BCUT2D eigenvalue weighted by Crippen LogP contribution is -1.85. The van der Waals surface area contributed by atoms with E-state index in [1.54, 1.807) is 0 Å². The van der Waals surface area contributed by atoms with Crippen molar-refractivity contribution in [3.63, 3.8) is 0 Å². The third-order valence-corrected chi connectivity index (χ3v) is 2.20. The Morgan fingerprint density at radius 1 is 1.33 bits per heavy atom. The molecule has 2 aromatic rings. The lowest BCUT2D eigenvalue weighted by molar-refractivity contribution is 1.33. The standard InChI is InChI=1S/C9H11N3/c1-5-3-4-7-8(6(5)2)12-9(10)11-7/h3-4H,1-2H3,(H3,10,11,12). The first kappa shape index (κ1) is 7.16. The van der Waals surface area contributed by atoms with E-state index in [0.717, 1.165) is 11.0 Å². The van der Waals surface area contributed by atoms with Crippen molar-refractivity contribution >= 4 is 17.0 Å². The first-order valence-electron chi connectivity index (χ1n) is 3.90. The predicted octanol–water partition coefficient (Wildman–Crippen LogP) is 1.76. The molecule has 0 aliphatic heterocycles. The summed E-state index contributed by atoms with van der Waals surface area (Å²) < 4.78 is 0. The molecule has 12 heavy (non-hydrogen) atoms. The van der Waals surface area contributed by atoms with Gasteiger partial charge < -0.3 is 10.7 Å². The Balaban J connectivity index is 2.89. The number of nitrogen functional groups attached to an aromatic ring is 1. The molecule has 0 aliphatic carbocycles. The number of hydrogen-bond acceptors (Lipinski definition) is 2. The van der Waals surface area contributed by atoms with E-state index >= 15 is 0 Å². The zero-order valence-electron chi connectivity index (χ0n) is 7.18. The number of anilines is 1. The Bertz CT molecular complexity index is 429. The number of aromatic nitrogens is 2. The van der Waals surface area contributed by atoms with E-state index in [2.05, 4.69) is 29.9 Å². The van der Waals surface area contributed by atoms with Crippen molar-refractivity contribution in [3.05, 3.63) is 23.3 Å². The quantitative estimate of drug-likeness (QED) is 0.618. The molecule has 2 rings (SSSR count). The molecule has 1 aromatic carbocycles. The summed E-state index contributed by atoms with van der Waals surface area (Å²) in [4.78, 5) is 7.19. The van der Waals surface area contributed by atoms with Gasteiger partial charge in [0.1, 0.15) is 0 Å². The Hall–Kier alpha value is -1.51. The van der Waals surface area contributed by atoms with Gasteiger partial charge in [-0.05, 0) is 31.0 Å². The molecule has 3 heteroatoms. The van der Waals surface area contributed by atoms with Crippen LogP contribution in [0.2, 0.25) is 0 Å². The number of hydrogen-bond donors (Lipinski definition) is 2. The lowest BCUT2D eigenvalue weighted by Gasteiger charge is -1.97. The zero-order chi connectivity index (χ0) is 8.72. The Labute approximate surface area is 70.6 Å². The van der Waals surface area contributed by atoms with E-state index in [4.69, 9.17) is 5.73 Å². The highest BCUT2D eigenvalue weighted by Gasteiger charge is 2.03. The Morgan fingerprint density at radius 2 is 2.08 bits per heavy atom. The van der Waals surface area contributed by atoms with Crippen molar-refractivity contribution in [2.75, 3.05) is 5.73 Å². The molecular formula is C9H11N3. The van der Waals surface area contributed by atoms with Gasteiger partial charge in [-0.2, -0.15) is 0 Å². The number of benzene rings is 1. The van der Waals surface area contributed by atoms with E-state index in [1.165, 1.54) is 11.1 Å². The van der Waals surface area contributed by atoms with Gasteiger partial charge in [0, 0.05) is 0 Å². The lowest BCUT2D eigenvalue weighted by atomic mass is 10.1. The molecule has 3 nitrogen and oxygen atoms in total. The molecule has 0 atom stereocenters. The minimum absolute atomic E-state index is 0.485. The van der Waals surface area contributed by atoms with Crippen LogP contribution < -0.4 is 5.73 Å². The maximum atomic E-state index is 5.54. The van der Waals surface area contributed by atoms with Gasteiger partial charge in [0.05, 0.1) is 11.0 Å². The van der Waals surface area contributed by atoms with Gasteiger partial charge in [-0.25, -0.2) is 4.98 Å². The largest absolute Gasteiger partial charge is 0.369 e. The van der Waals surface area contributed by atoms with E-state index in [0.29, 0.717) is 5.95 Å². The summed E-state index contributed by atoms with van der Waals surface area (Å²) in [6.45, 7) is 4.12. The number of nitrogens with two attached hydrogens (primary N) is 1. The van der Waals surface area contributed by atoms with Crippen molar-refractivity contribution in [3.8, 4) is 0 Å². The molecular weight excluding hydrogens is 150 g/mol. The van der Waals surface area contributed by atoms with Crippen LogP contribution in [0.1, 0.15) is 11.1 Å². The monoisotopic (exact) mass is 161 g/mol. The highest BCUT2D eigenvalue weighted by Crippen LogP contribution is 2.19. The number of imidazole rings is 1. The van der Waals surface area contributed by atoms with Crippen LogP contribution in [0.3, 0.4) is 0 Å². The number of nitrogens with one attached hydrogen (secondary N) is 1. The number of aryl methyl sites for hydroxylation is 2. The predicted molar refractivity (Wildman–Crippen MR) is 50.0 cm³/mol. The highest BCUT2D eigenvalue weighted by atomic mass is 15.0. The number of rotatable bonds is 0. The van der Waals surface area contributed by atoms with E-state index < -0.39 is 0 Å². The van der Waals surface area contributed by atoms with Gasteiger partial charge >= 0.3 is 0 Å². The zero-order valence-corrected chi connectivity index (χ0v) is 7.18. The van der Waals surface area contributed by atoms with Gasteiger partial charge in [0.25, 0.3) is 0 Å². The normalized spacial score (nSPS) is 10.8. The van der Waals surface area contributed by atoms with E-state index in [1.807, 2.05) is 6.07 Å². The molecule has 0 fully saturated rings. The number of H-pyrrole nitrogens is 1. The molecule has 0 aliphatic rings. The van der Waals surface area contributed by atoms with Crippen molar-refractivity contribution in [1.29, 1.82) is 0 Å². The second-order valence-corrected chi connectivity index (χ2v) is 3.03. The van der Waals surface area contributed by atoms with Gasteiger partial charge in [0.15, 0.2) is 5.95 Å². The Morgan fingerprint density at radius 3 is 2.83 bits per heavy atom. The fourth-order valence-electron chi connectivity index (χ4n) is 1.33. The fourth-order valence-corrected chi connectivity index (χ4v) is 1.33. The Kier molecular flexibility index (Phi) is 1.33. The van der Waals surface area contributed by atoms with Crippen LogP contribution in [-0.4, -0.2) is 9.97 Å². The molecule has 0 spiro atoms. The second kappa shape index (κ2) is 2.24. The summed E-state index contributed by atoms with van der Waals surface area (Å²) in [6, 6.07) is 4.07. The second-order valence-electron chi connectivity index (χ2n) is 3.03. The molecule has 0 saturated heterocycles. The average Bonchev–Trinajstić information content (AvgIpc) is 2.39. The third-order valence-electron chi connectivity index (χ3n) is 2.20. The summed E-state index contributed by atoms with van der Waals surface area (Å²) in [6.07, 6.45) is 0. The minimum atomic E-state index is 0.485. The smallest absolute Gasteiger partial charge is 0.198 e. The van der Waals surface area contributed by atoms with Gasteiger partial charge in [-0.1, -0.05) is 6.07 Å². The summed E-state index contributed by atoms with van der Waals surface area (Å²) >= 11 is 0. The molecule has 0 bridgehead atoms. The van der Waals surface area contributed by atoms with Crippen LogP contribution in [0.15, 0.2) is 12.1 Å². The maximum absolute atomic E-state index is 5.54. The van der Waals surface area contributed by atoms with Crippen LogP contribution in [0.25, 0.3) is 11.0 Å². The van der Waals surface area contributed by atoms with Crippen molar-refractivity contribution in [2.24, 2.45) is 0 Å². The van der Waals surface area contributed by atoms with E-state index in [-0.39, 0.29) is 0 Å². The first-order valence-corrected chi connectivity index (χ1v) is 3.90. The van der Waals surface area contributed by atoms with Crippen molar-refractivity contribution in [1.82, 2.24) is 9.97 Å². The third kappa shape index (κ3) is 0.863. The SMILES string of the molecule is Cc1ccc2[nH]c(N)nc2c1C.